The Labute approximate surface area is 79.9 Å². The van der Waals surface area contributed by atoms with Crippen LogP contribution in [0.1, 0.15) is 39.5 Å². The number of rotatable bonds is 5. The average molecular weight is 177 g/mol. The zero-order valence-electron chi connectivity index (χ0n) is 8.26. The highest BCUT2D eigenvalue weighted by Gasteiger charge is 2.28. The summed E-state index contributed by atoms with van der Waals surface area (Å²) >= 11 is 0. The van der Waals surface area contributed by atoms with Gasteiger partial charge in [0.05, 0.1) is 6.07 Å². The van der Waals surface area contributed by atoms with Gasteiger partial charge in [-0.2, -0.15) is 5.26 Å². The molecule has 0 bridgehead atoms. The van der Waals surface area contributed by atoms with Crippen molar-refractivity contribution in [2.75, 3.05) is 0 Å². The van der Waals surface area contributed by atoms with Crippen LogP contribution in [0.4, 0.5) is 0 Å². The van der Waals surface area contributed by atoms with Gasteiger partial charge in [0.15, 0.2) is 0 Å². The Balaban J connectivity index is 4.28. The van der Waals surface area contributed by atoms with Crippen molar-refractivity contribution in [1.82, 2.24) is 0 Å². The molecule has 0 aromatic rings. The Morgan fingerprint density at radius 3 is 2.38 bits per heavy atom. The summed E-state index contributed by atoms with van der Waals surface area (Å²) in [5.74, 6) is 2.64. The van der Waals surface area contributed by atoms with E-state index < -0.39 is 5.41 Å². The molecule has 0 fully saturated rings. The number of carbonyl (C=O) groups excluding carboxylic acids is 1. The van der Waals surface area contributed by atoms with Gasteiger partial charge in [-0.25, -0.2) is 0 Å². The van der Waals surface area contributed by atoms with Gasteiger partial charge in [0, 0.05) is 18.3 Å². The van der Waals surface area contributed by atoms with Crippen LogP contribution in [0.15, 0.2) is 0 Å². The lowest BCUT2D eigenvalue weighted by molar-refractivity contribution is -0.126. The molecule has 0 aromatic heterocycles. The third-order valence-electron chi connectivity index (χ3n) is 2.46. The van der Waals surface area contributed by atoms with Gasteiger partial charge in [0.1, 0.15) is 5.78 Å². The minimum Gasteiger partial charge on any atom is -0.299 e. The second-order valence-electron chi connectivity index (χ2n) is 3.48. The number of Topliss-reactive ketones (excluding diaryl/α,β-unsaturated/α-hetero) is 1. The van der Waals surface area contributed by atoms with E-state index in [2.05, 4.69) is 12.0 Å². The van der Waals surface area contributed by atoms with Gasteiger partial charge in [0.25, 0.3) is 0 Å². The van der Waals surface area contributed by atoms with E-state index in [-0.39, 0.29) is 5.78 Å². The Kier molecular flexibility index (Phi) is 4.85. The summed E-state index contributed by atoms with van der Waals surface area (Å²) in [7, 11) is 0. The van der Waals surface area contributed by atoms with Crippen molar-refractivity contribution in [2.24, 2.45) is 5.41 Å². The largest absolute Gasteiger partial charge is 0.299 e. The zero-order valence-corrected chi connectivity index (χ0v) is 8.26. The summed E-state index contributed by atoms with van der Waals surface area (Å²) in [5.41, 5.74) is -0.401. The molecule has 0 aliphatic carbocycles. The topological polar surface area (TPSA) is 40.9 Å². The maximum absolute atomic E-state index is 11.3. The predicted octanol–water partition coefficient (Wildman–Crippen LogP) is 2.30. The number of terminal acetylenes is 1. The minimum absolute atomic E-state index is 0.123. The van der Waals surface area contributed by atoms with Crippen molar-refractivity contribution in [1.29, 1.82) is 5.26 Å². The summed E-state index contributed by atoms with van der Waals surface area (Å²) in [5, 5.41) is 8.44. The molecule has 0 N–H and O–H groups in total. The van der Waals surface area contributed by atoms with Crippen LogP contribution < -0.4 is 0 Å². The van der Waals surface area contributed by atoms with Gasteiger partial charge < -0.3 is 0 Å². The minimum atomic E-state index is -0.401. The van der Waals surface area contributed by atoms with Gasteiger partial charge in [-0.3, -0.25) is 4.79 Å². The fourth-order valence-corrected chi connectivity index (χ4v) is 1.16. The van der Waals surface area contributed by atoms with Crippen LogP contribution >= 0.6 is 0 Å². The molecule has 1 atom stereocenters. The number of ketones is 1. The summed E-state index contributed by atoms with van der Waals surface area (Å²) in [6.45, 7) is 3.44. The summed E-state index contributed by atoms with van der Waals surface area (Å²) in [6.07, 6.45) is 7.45. The van der Waals surface area contributed by atoms with Gasteiger partial charge in [0.2, 0.25) is 0 Å². The molecule has 70 valence electrons. The number of hydrogen-bond donors (Lipinski definition) is 0. The molecule has 0 aliphatic rings. The predicted molar refractivity (Wildman–Crippen MR) is 51.7 cm³/mol. The van der Waals surface area contributed by atoms with E-state index in [0.29, 0.717) is 25.7 Å². The smallest absolute Gasteiger partial charge is 0.135 e. The van der Waals surface area contributed by atoms with E-state index in [0.717, 1.165) is 0 Å². The van der Waals surface area contributed by atoms with E-state index in [9.17, 15) is 4.79 Å². The van der Waals surface area contributed by atoms with Crippen LogP contribution in [-0.4, -0.2) is 5.78 Å². The standard InChI is InChI=1S/C11H15NO/c1-4-5-7-11(3,10(2)13)8-6-9-12/h1H,5-8H2,2-3H3. The lowest BCUT2D eigenvalue weighted by Gasteiger charge is -2.24. The van der Waals surface area contributed by atoms with Crippen molar-refractivity contribution in [3.63, 3.8) is 0 Å². The molecule has 2 nitrogen and oxygen atoms in total. The normalized spacial score (nSPS) is 13.8. The van der Waals surface area contributed by atoms with E-state index in [1.807, 2.05) is 6.92 Å². The maximum Gasteiger partial charge on any atom is 0.135 e. The van der Waals surface area contributed by atoms with E-state index in [4.69, 9.17) is 11.7 Å². The molecule has 1 unspecified atom stereocenters. The summed E-state index contributed by atoms with van der Waals surface area (Å²) in [4.78, 5) is 11.3. The third-order valence-corrected chi connectivity index (χ3v) is 2.46. The fraction of sp³-hybridized carbons (Fsp3) is 0.636. The van der Waals surface area contributed by atoms with Gasteiger partial charge >= 0.3 is 0 Å². The highest BCUT2D eigenvalue weighted by molar-refractivity contribution is 5.81. The van der Waals surface area contributed by atoms with Crippen LogP contribution in [0.3, 0.4) is 0 Å². The molecule has 0 saturated heterocycles. The fourth-order valence-electron chi connectivity index (χ4n) is 1.16. The molecule has 0 rings (SSSR count). The Morgan fingerprint density at radius 2 is 2.00 bits per heavy atom. The molecule has 0 saturated carbocycles. The number of nitriles is 1. The second-order valence-corrected chi connectivity index (χ2v) is 3.48. The first-order chi connectivity index (χ1) is 6.06. The molecule has 0 radical (unpaired) electrons. The molecule has 0 aromatic carbocycles. The Bertz CT molecular complexity index is 236. The molecular weight excluding hydrogens is 162 g/mol. The highest BCUT2D eigenvalue weighted by Crippen LogP contribution is 2.29. The van der Waals surface area contributed by atoms with Crippen LogP contribution in [0.25, 0.3) is 0 Å². The first-order valence-electron chi connectivity index (χ1n) is 4.38. The van der Waals surface area contributed by atoms with Crippen LogP contribution in [0, 0.1) is 29.1 Å². The zero-order chi connectivity index (χ0) is 10.3. The van der Waals surface area contributed by atoms with Crippen LogP contribution in [0.5, 0.6) is 0 Å². The number of hydrogen-bond acceptors (Lipinski definition) is 2. The van der Waals surface area contributed by atoms with E-state index >= 15 is 0 Å². The highest BCUT2D eigenvalue weighted by atomic mass is 16.1. The van der Waals surface area contributed by atoms with Crippen LogP contribution in [-0.2, 0) is 4.79 Å². The average Bonchev–Trinajstić information content (AvgIpc) is 2.11. The van der Waals surface area contributed by atoms with Gasteiger partial charge in [-0.15, -0.1) is 12.3 Å². The van der Waals surface area contributed by atoms with Crippen LogP contribution in [0.2, 0.25) is 0 Å². The molecule has 2 heteroatoms. The van der Waals surface area contributed by atoms with Gasteiger partial charge in [-0.1, -0.05) is 6.92 Å². The molecule has 0 aliphatic heterocycles. The molecular formula is C11H15NO. The van der Waals surface area contributed by atoms with Gasteiger partial charge in [-0.05, 0) is 19.8 Å². The third kappa shape index (κ3) is 3.76. The molecule has 0 heterocycles. The molecule has 0 amide bonds. The van der Waals surface area contributed by atoms with Crippen molar-refractivity contribution >= 4 is 5.78 Å². The molecule has 13 heavy (non-hydrogen) atoms. The Morgan fingerprint density at radius 1 is 1.46 bits per heavy atom. The van der Waals surface area contributed by atoms with Crippen molar-refractivity contribution in [2.45, 2.75) is 39.5 Å². The van der Waals surface area contributed by atoms with Crippen molar-refractivity contribution in [3.05, 3.63) is 0 Å². The second kappa shape index (κ2) is 5.38. The SMILES string of the molecule is C#CCCC(C)(CCC#N)C(C)=O. The van der Waals surface area contributed by atoms with E-state index in [1.54, 1.807) is 6.92 Å². The lowest BCUT2D eigenvalue weighted by atomic mass is 9.78. The summed E-state index contributed by atoms with van der Waals surface area (Å²) in [6, 6.07) is 2.05. The van der Waals surface area contributed by atoms with Crippen molar-refractivity contribution in [3.8, 4) is 18.4 Å². The first kappa shape index (κ1) is 11.7. The lowest BCUT2D eigenvalue weighted by Crippen LogP contribution is -2.25. The monoisotopic (exact) mass is 177 g/mol. The first-order valence-corrected chi connectivity index (χ1v) is 4.38. The van der Waals surface area contributed by atoms with Crippen molar-refractivity contribution < 1.29 is 4.79 Å². The number of carbonyl (C=O) groups is 1. The van der Waals surface area contributed by atoms with E-state index in [1.165, 1.54) is 0 Å². The maximum atomic E-state index is 11.3. The Hall–Kier alpha value is -1.28. The number of nitrogens with zero attached hydrogens (tertiary/aromatic N) is 1. The molecule has 0 spiro atoms. The quantitative estimate of drug-likeness (QED) is 0.604. The summed E-state index contributed by atoms with van der Waals surface area (Å²) < 4.78 is 0.